The normalized spacial score (nSPS) is 15.8. The Morgan fingerprint density at radius 3 is 2.46 bits per heavy atom. The number of nitrogens with zero attached hydrogens (tertiary/aromatic N) is 2. The third kappa shape index (κ3) is 5.53. The molecule has 6 heteroatoms. The summed E-state index contributed by atoms with van der Waals surface area (Å²) in [5, 5.41) is 3.00. The molecule has 138 valence electrons. The van der Waals surface area contributed by atoms with Gasteiger partial charge in [0.25, 0.3) is 0 Å². The van der Waals surface area contributed by atoms with Crippen molar-refractivity contribution >= 4 is 23.2 Å². The minimum Gasteiger partial charge on any atom is -0.322 e. The molecular weight excluding hydrogens is 353 g/mol. The highest BCUT2D eigenvalue weighted by atomic mass is 35.5. The Morgan fingerprint density at radius 1 is 1.04 bits per heavy atom. The Hall–Kier alpha value is -1.95. The van der Waals surface area contributed by atoms with E-state index in [2.05, 4.69) is 39.4 Å². The van der Waals surface area contributed by atoms with E-state index in [4.69, 9.17) is 11.6 Å². The third-order valence-electron chi connectivity index (χ3n) is 4.59. The van der Waals surface area contributed by atoms with Crippen LogP contribution >= 0.6 is 11.6 Å². The van der Waals surface area contributed by atoms with Crippen LogP contribution in [-0.2, 0) is 11.2 Å². The minimum absolute atomic E-state index is 0.129. The molecule has 1 saturated heterocycles. The predicted molar refractivity (Wildman–Crippen MR) is 103 cm³/mol. The number of piperazine rings is 1. The van der Waals surface area contributed by atoms with Gasteiger partial charge < -0.3 is 10.2 Å². The lowest BCUT2D eigenvalue weighted by molar-refractivity contribution is -0.117. The van der Waals surface area contributed by atoms with E-state index in [-0.39, 0.29) is 18.1 Å². The predicted octanol–water partition coefficient (Wildman–Crippen LogP) is 3.28. The molecule has 1 aliphatic rings. The lowest BCUT2D eigenvalue weighted by Crippen LogP contribution is -2.49. The first kappa shape index (κ1) is 18.8. The Bertz CT molecular complexity index is 733. The van der Waals surface area contributed by atoms with Gasteiger partial charge in [0, 0.05) is 37.7 Å². The van der Waals surface area contributed by atoms with E-state index >= 15 is 0 Å². The maximum atomic E-state index is 13.7. The van der Waals surface area contributed by atoms with Gasteiger partial charge in [-0.1, -0.05) is 41.9 Å². The summed E-state index contributed by atoms with van der Waals surface area (Å²) in [5.41, 5.74) is 1.47. The second-order valence-electron chi connectivity index (χ2n) is 6.53. The van der Waals surface area contributed by atoms with Crippen LogP contribution in [0.4, 0.5) is 10.1 Å². The summed E-state index contributed by atoms with van der Waals surface area (Å²) in [5.74, 6) is -0.697. The van der Waals surface area contributed by atoms with Gasteiger partial charge in [0.1, 0.15) is 5.82 Å². The van der Waals surface area contributed by atoms with Crippen molar-refractivity contribution in [3.05, 3.63) is 64.9 Å². The van der Waals surface area contributed by atoms with E-state index in [9.17, 15) is 9.18 Å². The van der Waals surface area contributed by atoms with E-state index in [1.807, 2.05) is 6.07 Å². The number of rotatable bonds is 6. The van der Waals surface area contributed by atoms with Gasteiger partial charge in [-0.3, -0.25) is 9.69 Å². The maximum Gasteiger partial charge on any atom is 0.238 e. The van der Waals surface area contributed by atoms with Crippen LogP contribution in [0.5, 0.6) is 0 Å². The summed E-state index contributed by atoms with van der Waals surface area (Å²) in [6.45, 7) is 4.83. The number of anilines is 1. The SMILES string of the molecule is O=C(CN1CCN(CCc2ccccc2)CC1)Nc1cc(Cl)ccc1F. The minimum atomic E-state index is -0.478. The maximum absolute atomic E-state index is 13.7. The van der Waals surface area contributed by atoms with Gasteiger partial charge >= 0.3 is 0 Å². The molecule has 1 aliphatic heterocycles. The van der Waals surface area contributed by atoms with Crippen molar-refractivity contribution in [1.29, 1.82) is 0 Å². The van der Waals surface area contributed by atoms with Gasteiger partial charge in [0.2, 0.25) is 5.91 Å². The Morgan fingerprint density at radius 2 is 1.73 bits per heavy atom. The quantitative estimate of drug-likeness (QED) is 0.841. The van der Waals surface area contributed by atoms with Crippen molar-refractivity contribution in [2.75, 3.05) is 44.6 Å². The number of carbonyl (C=O) groups is 1. The summed E-state index contributed by atoms with van der Waals surface area (Å²) < 4.78 is 13.7. The molecule has 0 bridgehead atoms. The number of hydrogen-bond donors (Lipinski definition) is 1. The summed E-state index contributed by atoms with van der Waals surface area (Å²) in [6, 6.07) is 14.6. The Kier molecular flexibility index (Phi) is 6.61. The first-order valence-corrected chi connectivity index (χ1v) is 9.21. The zero-order valence-electron chi connectivity index (χ0n) is 14.6. The largest absolute Gasteiger partial charge is 0.322 e. The van der Waals surface area contributed by atoms with Crippen LogP contribution in [0.15, 0.2) is 48.5 Å². The van der Waals surface area contributed by atoms with Gasteiger partial charge in [-0.25, -0.2) is 4.39 Å². The highest BCUT2D eigenvalue weighted by molar-refractivity contribution is 6.30. The van der Waals surface area contributed by atoms with E-state index in [0.29, 0.717) is 5.02 Å². The van der Waals surface area contributed by atoms with Crippen LogP contribution in [0.3, 0.4) is 0 Å². The van der Waals surface area contributed by atoms with Crippen LogP contribution in [0.1, 0.15) is 5.56 Å². The molecule has 1 amide bonds. The molecule has 4 nitrogen and oxygen atoms in total. The van der Waals surface area contributed by atoms with Gasteiger partial charge in [-0.2, -0.15) is 0 Å². The van der Waals surface area contributed by atoms with Crippen molar-refractivity contribution in [2.24, 2.45) is 0 Å². The smallest absolute Gasteiger partial charge is 0.238 e. The number of amides is 1. The van der Waals surface area contributed by atoms with Gasteiger partial charge in [0.15, 0.2) is 0 Å². The second-order valence-corrected chi connectivity index (χ2v) is 6.96. The fourth-order valence-electron chi connectivity index (χ4n) is 3.09. The van der Waals surface area contributed by atoms with Crippen LogP contribution in [-0.4, -0.2) is 55.0 Å². The molecule has 0 radical (unpaired) electrons. The van der Waals surface area contributed by atoms with E-state index in [1.165, 1.54) is 23.8 Å². The van der Waals surface area contributed by atoms with Crippen LogP contribution < -0.4 is 5.32 Å². The monoisotopic (exact) mass is 375 g/mol. The number of carbonyl (C=O) groups excluding carboxylic acids is 1. The third-order valence-corrected chi connectivity index (χ3v) is 4.83. The molecule has 2 aromatic carbocycles. The van der Waals surface area contributed by atoms with Gasteiger partial charge in [0.05, 0.1) is 12.2 Å². The Labute approximate surface area is 158 Å². The van der Waals surface area contributed by atoms with Crippen LogP contribution in [0.2, 0.25) is 5.02 Å². The van der Waals surface area contributed by atoms with Crippen molar-refractivity contribution in [3.8, 4) is 0 Å². The zero-order chi connectivity index (χ0) is 18.4. The van der Waals surface area contributed by atoms with Crippen molar-refractivity contribution < 1.29 is 9.18 Å². The zero-order valence-corrected chi connectivity index (χ0v) is 15.4. The molecule has 3 rings (SSSR count). The van der Waals surface area contributed by atoms with Crippen LogP contribution in [0.25, 0.3) is 0 Å². The topological polar surface area (TPSA) is 35.6 Å². The van der Waals surface area contributed by atoms with Crippen molar-refractivity contribution in [3.63, 3.8) is 0 Å². The number of hydrogen-bond acceptors (Lipinski definition) is 3. The van der Waals surface area contributed by atoms with Gasteiger partial charge in [-0.05, 0) is 30.2 Å². The first-order chi connectivity index (χ1) is 12.6. The van der Waals surface area contributed by atoms with E-state index in [1.54, 1.807) is 0 Å². The molecule has 0 spiro atoms. The van der Waals surface area contributed by atoms with Gasteiger partial charge in [-0.15, -0.1) is 0 Å². The molecule has 1 heterocycles. The molecule has 0 unspecified atom stereocenters. The van der Waals surface area contributed by atoms with E-state index < -0.39 is 5.82 Å². The number of nitrogens with one attached hydrogen (secondary N) is 1. The highest BCUT2D eigenvalue weighted by Gasteiger charge is 2.19. The summed E-state index contributed by atoms with van der Waals surface area (Å²) in [4.78, 5) is 16.7. The Balaban J connectivity index is 1.40. The molecule has 0 atom stereocenters. The molecule has 0 saturated carbocycles. The average molecular weight is 376 g/mol. The lowest BCUT2D eigenvalue weighted by Gasteiger charge is -2.34. The van der Waals surface area contributed by atoms with Crippen molar-refractivity contribution in [2.45, 2.75) is 6.42 Å². The van der Waals surface area contributed by atoms with Crippen LogP contribution in [0, 0.1) is 5.82 Å². The highest BCUT2D eigenvalue weighted by Crippen LogP contribution is 2.19. The van der Waals surface area contributed by atoms with Crippen molar-refractivity contribution in [1.82, 2.24) is 9.80 Å². The first-order valence-electron chi connectivity index (χ1n) is 8.84. The molecule has 0 aliphatic carbocycles. The fourth-order valence-corrected chi connectivity index (χ4v) is 3.26. The molecule has 1 fully saturated rings. The molecule has 1 N–H and O–H groups in total. The second kappa shape index (κ2) is 9.12. The molecule has 2 aromatic rings. The number of halogens is 2. The summed E-state index contributed by atoms with van der Waals surface area (Å²) >= 11 is 5.85. The average Bonchev–Trinajstić information content (AvgIpc) is 2.65. The van der Waals surface area contributed by atoms with E-state index in [0.717, 1.165) is 39.1 Å². The summed E-state index contributed by atoms with van der Waals surface area (Å²) in [6.07, 6.45) is 1.04. The number of benzene rings is 2. The molecule has 0 aromatic heterocycles. The lowest BCUT2D eigenvalue weighted by atomic mass is 10.1. The molecular formula is C20H23ClFN3O. The standard InChI is InChI=1S/C20H23ClFN3O/c21-17-6-7-18(22)19(14-17)23-20(26)15-25-12-10-24(11-13-25)9-8-16-4-2-1-3-5-16/h1-7,14H,8-13,15H2,(H,23,26). The fraction of sp³-hybridized carbons (Fsp3) is 0.350. The summed E-state index contributed by atoms with van der Waals surface area (Å²) in [7, 11) is 0. The molecule has 26 heavy (non-hydrogen) atoms.